The predicted octanol–water partition coefficient (Wildman–Crippen LogP) is 5.96. The number of unbranched alkanes of at least 4 members (excludes halogenated alkanes) is 6. The number of nitrogens with one attached hydrogen (secondary N) is 2. The van der Waals surface area contributed by atoms with Crippen LogP contribution >= 0.6 is 12.2 Å². The van der Waals surface area contributed by atoms with E-state index in [2.05, 4.69) is 22.8 Å². The van der Waals surface area contributed by atoms with Crippen LogP contribution in [-0.2, 0) is 0 Å². The molecule has 1 saturated carbocycles. The Balaban J connectivity index is 1.70. The molecule has 1 aliphatic rings. The first kappa shape index (κ1) is 24.4. The molecule has 0 spiro atoms. The minimum absolute atomic E-state index is 0.474. The maximum absolute atomic E-state index is 5.92. The summed E-state index contributed by atoms with van der Waals surface area (Å²) >= 11 is 5.34. The molecule has 1 aliphatic carbocycles. The summed E-state index contributed by atoms with van der Waals surface area (Å²) in [4.78, 5) is 0. The van der Waals surface area contributed by atoms with Gasteiger partial charge in [-0.2, -0.15) is 5.10 Å². The van der Waals surface area contributed by atoms with E-state index in [4.69, 9.17) is 21.7 Å². The largest absolute Gasteiger partial charge is 0.493 e. The first-order chi connectivity index (χ1) is 14.7. The summed E-state index contributed by atoms with van der Waals surface area (Å²) in [6.45, 7) is 2.97. The van der Waals surface area contributed by atoms with E-state index in [-0.39, 0.29) is 0 Å². The van der Waals surface area contributed by atoms with Crippen molar-refractivity contribution in [3.8, 4) is 11.5 Å². The molecule has 0 aliphatic heterocycles. The van der Waals surface area contributed by atoms with Gasteiger partial charge < -0.3 is 14.8 Å². The van der Waals surface area contributed by atoms with Crippen LogP contribution in [0.4, 0.5) is 0 Å². The molecular weight excluding hydrogens is 394 g/mol. The molecule has 6 heteroatoms. The number of nitrogens with zero attached hydrogens (tertiary/aromatic N) is 1. The topological polar surface area (TPSA) is 54.9 Å². The average molecular weight is 434 g/mol. The summed E-state index contributed by atoms with van der Waals surface area (Å²) < 4.78 is 11.4. The number of ether oxygens (including phenoxy) is 2. The van der Waals surface area contributed by atoms with Crippen LogP contribution in [0.5, 0.6) is 11.5 Å². The zero-order valence-electron chi connectivity index (χ0n) is 18.8. The zero-order valence-corrected chi connectivity index (χ0v) is 19.6. The number of rotatable bonds is 13. The molecular formula is C24H39N3O2S. The van der Waals surface area contributed by atoms with Crippen LogP contribution in [0.2, 0.25) is 0 Å². The van der Waals surface area contributed by atoms with E-state index < -0.39 is 0 Å². The minimum Gasteiger partial charge on any atom is -0.493 e. The minimum atomic E-state index is 0.474. The smallest absolute Gasteiger partial charge is 0.187 e. The van der Waals surface area contributed by atoms with Gasteiger partial charge in [0.05, 0.1) is 19.9 Å². The van der Waals surface area contributed by atoms with E-state index >= 15 is 0 Å². The van der Waals surface area contributed by atoms with Crippen molar-refractivity contribution in [1.82, 2.24) is 10.7 Å². The van der Waals surface area contributed by atoms with Crippen LogP contribution in [0.25, 0.3) is 0 Å². The summed E-state index contributed by atoms with van der Waals surface area (Å²) in [7, 11) is 1.66. The lowest BCUT2D eigenvalue weighted by molar-refractivity contribution is 0.284. The molecule has 0 saturated heterocycles. The lowest BCUT2D eigenvalue weighted by Gasteiger charge is -2.23. The first-order valence-corrected chi connectivity index (χ1v) is 12.0. The van der Waals surface area contributed by atoms with Crippen LogP contribution in [0.1, 0.15) is 89.5 Å². The number of benzene rings is 1. The second-order valence-electron chi connectivity index (χ2n) is 8.06. The van der Waals surface area contributed by atoms with Gasteiger partial charge in [0.25, 0.3) is 0 Å². The molecule has 2 rings (SSSR count). The second kappa shape index (κ2) is 15.1. The molecule has 0 atom stereocenters. The first-order valence-electron chi connectivity index (χ1n) is 11.6. The Morgan fingerprint density at radius 2 is 1.80 bits per heavy atom. The quantitative estimate of drug-likeness (QED) is 0.174. The van der Waals surface area contributed by atoms with Crippen molar-refractivity contribution in [2.75, 3.05) is 13.7 Å². The van der Waals surface area contributed by atoms with Crippen LogP contribution in [0.3, 0.4) is 0 Å². The fraction of sp³-hybridized carbons (Fsp3) is 0.667. The summed E-state index contributed by atoms with van der Waals surface area (Å²) in [5.41, 5.74) is 3.85. The number of hydrogen-bond acceptors (Lipinski definition) is 4. The highest BCUT2D eigenvalue weighted by atomic mass is 32.1. The van der Waals surface area contributed by atoms with Crippen molar-refractivity contribution in [2.45, 2.75) is 90.0 Å². The van der Waals surface area contributed by atoms with Crippen molar-refractivity contribution in [1.29, 1.82) is 0 Å². The van der Waals surface area contributed by atoms with Crippen molar-refractivity contribution in [3.05, 3.63) is 23.8 Å². The Morgan fingerprint density at radius 1 is 1.07 bits per heavy atom. The van der Waals surface area contributed by atoms with Crippen LogP contribution < -0.4 is 20.2 Å². The number of thiocarbonyl (C=S) groups is 1. The van der Waals surface area contributed by atoms with Gasteiger partial charge in [0.2, 0.25) is 0 Å². The van der Waals surface area contributed by atoms with Gasteiger partial charge in [0.15, 0.2) is 16.6 Å². The molecule has 30 heavy (non-hydrogen) atoms. The third-order valence-electron chi connectivity index (χ3n) is 5.51. The Morgan fingerprint density at radius 3 is 2.53 bits per heavy atom. The summed E-state index contributed by atoms with van der Waals surface area (Å²) in [6, 6.07) is 6.33. The maximum Gasteiger partial charge on any atom is 0.187 e. The number of methoxy groups -OCH3 is 1. The predicted molar refractivity (Wildman–Crippen MR) is 130 cm³/mol. The van der Waals surface area contributed by atoms with Gasteiger partial charge in [-0.05, 0) is 55.2 Å². The van der Waals surface area contributed by atoms with Gasteiger partial charge in [-0.1, -0.05) is 64.7 Å². The van der Waals surface area contributed by atoms with Crippen molar-refractivity contribution < 1.29 is 9.47 Å². The van der Waals surface area contributed by atoms with Gasteiger partial charge in [-0.15, -0.1) is 0 Å². The Bertz CT molecular complexity index is 645. The third-order valence-corrected chi connectivity index (χ3v) is 5.72. The average Bonchev–Trinajstić information content (AvgIpc) is 2.77. The normalized spacial score (nSPS) is 14.6. The van der Waals surface area contributed by atoms with Crippen molar-refractivity contribution in [3.63, 3.8) is 0 Å². The van der Waals surface area contributed by atoms with E-state index in [9.17, 15) is 0 Å². The van der Waals surface area contributed by atoms with Crippen LogP contribution in [0.15, 0.2) is 23.3 Å². The van der Waals surface area contributed by atoms with Gasteiger partial charge in [0, 0.05) is 6.04 Å². The fourth-order valence-electron chi connectivity index (χ4n) is 3.76. The maximum atomic E-state index is 5.92. The fourth-order valence-corrected chi connectivity index (χ4v) is 3.97. The van der Waals surface area contributed by atoms with Crippen molar-refractivity contribution >= 4 is 23.5 Å². The molecule has 2 N–H and O–H groups in total. The van der Waals surface area contributed by atoms with E-state index in [0.29, 0.717) is 11.2 Å². The molecule has 168 valence electrons. The molecule has 0 bridgehead atoms. The lowest BCUT2D eigenvalue weighted by Crippen LogP contribution is -2.40. The molecule has 5 nitrogen and oxygen atoms in total. The molecule has 0 unspecified atom stereocenters. The van der Waals surface area contributed by atoms with Crippen molar-refractivity contribution in [2.24, 2.45) is 5.10 Å². The molecule has 0 heterocycles. The highest BCUT2D eigenvalue weighted by molar-refractivity contribution is 7.80. The van der Waals surface area contributed by atoms with E-state index in [1.165, 1.54) is 70.6 Å². The SMILES string of the molecule is CCCCCCCCCOc1ccc(/C=N\NC(=S)NC2CCCCC2)cc1OC. The number of hydrazone groups is 1. The second-order valence-corrected chi connectivity index (χ2v) is 8.47. The lowest BCUT2D eigenvalue weighted by atomic mass is 9.96. The summed E-state index contributed by atoms with van der Waals surface area (Å²) in [5, 5.41) is 8.18. The molecule has 1 aromatic rings. The van der Waals surface area contributed by atoms with E-state index in [0.717, 1.165) is 30.1 Å². The molecule has 0 amide bonds. The highest BCUT2D eigenvalue weighted by Crippen LogP contribution is 2.27. The standard InChI is InChI=1S/C24H39N3O2S/c1-3-4-5-6-7-8-12-17-29-22-16-15-20(18-23(22)28-2)19-25-27-24(30)26-21-13-10-9-11-14-21/h15-16,18-19,21H,3-14,17H2,1-2H3,(H2,26,27,30)/b25-19-. The van der Waals surface area contributed by atoms with E-state index in [1.807, 2.05) is 18.2 Å². The Hall–Kier alpha value is -1.82. The molecule has 1 fully saturated rings. The van der Waals surface area contributed by atoms with Gasteiger partial charge in [-0.25, -0.2) is 0 Å². The summed E-state index contributed by atoms with van der Waals surface area (Å²) in [6.07, 6.45) is 16.9. The molecule has 0 aromatic heterocycles. The van der Waals surface area contributed by atoms with Crippen LogP contribution in [0, 0.1) is 0 Å². The summed E-state index contributed by atoms with van der Waals surface area (Å²) in [5.74, 6) is 1.51. The molecule has 1 aromatic carbocycles. The zero-order chi connectivity index (χ0) is 21.4. The third kappa shape index (κ3) is 9.79. The van der Waals surface area contributed by atoms with Gasteiger partial charge in [-0.3, -0.25) is 5.43 Å². The highest BCUT2D eigenvalue weighted by Gasteiger charge is 2.13. The monoisotopic (exact) mass is 433 g/mol. The Labute approximate surface area is 188 Å². The Kier molecular flexibility index (Phi) is 12.3. The van der Waals surface area contributed by atoms with Crippen LogP contribution in [-0.4, -0.2) is 31.1 Å². The van der Waals surface area contributed by atoms with E-state index in [1.54, 1.807) is 13.3 Å². The van der Waals surface area contributed by atoms with Gasteiger partial charge >= 0.3 is 0 Å². The van der Waals surface area contributed by atoms with Gasteiger partial charge in [0.1, 0.15) is 0 Å². The molecule has 0 radical (unpaired) electrons. The number of hydrogen-bond donors (Lipinski definition) is 2.